The number of carbonyl (C=O) groups excluding carboxylic acids is 1. The van der Waals surface area contributed by atoms with Crippen LogP contribution in [-0.2, 0) is 9.53 Å². The molecule has 4 rings (SSSR count). The lowest BCUT2D eigenvalue weighted by Crippen LogP contribution is -2.39. The number of allylic oxidation sites excluding steroid dienone is 1. The number of fused-ring (bicyclic) bond motifs is 1. The summed E-state index contributed by atoms with van der Waals surface area (Å²) in [6.07, 6.45) is 1.89. The van der Waals surface area contributed by atoms with Gasteiger partial charge in [0.15, 0.2) is 4.80 Å². The molecule has 3 aromatic rings. The van der Waals surface area contributed by atoms with E-state index in [0.717, 1.165) is 29.2 Å². The first-order chi connectivity index (χ1) is 16.0. The van der Waals surface area contributed by atoms with Gasteiger partial charge in [0.05, 0.1) is 22.4 Å². The summed E-state index contributed by atoms with van der Waals surface area (Å²) in [5, 5.41) is 1.95. The highest BCUT2D eigenvalue weighted by Crippen LogP contribution is 2.33. The summed E-state index contributed by atoms with van der Waals surface area (Å²) >= 11 is 2.86. The largest absolute Gasteiger partial charge is 0.463 e. The SMILES string of the molecule is CCOC(=O)C1=C(C)N=c2sc(=Cc3ccc(N(CC)CC)cc3)c(=O)n2[C@H]1c1cccs1. The maximum absolute atomic E-state index is 13.5. The molecule has 0 aliphatic carbocycles. The van der Waals surface area contributed by atoms with Crippen molar-refractivity contribution < 1.29 is 9.53 Å². The fourth-order valence-corrected chi connectivity index (χ4v) is 5.90. The topological polar surface area (TPSA) is 63.9 Å². The van der Waals surface area contributed by atoms with Crippen LogP contribution in [0.3, 0.4) is 0 Å². The van der Waals surface area contributed by atoms with Crippen LogP contribution in [0.5, 0.6) is 0 Å². The number of benzene rings is 1. The molecule has 1 aliphatic heterocycles. The zero-order valence-electron chi connectivity index (χ0n) is 19.2. The molecule has 0 saturated heterocycles. The van der Waals surface area contributed by atoms with Crippen LogP contribution < -0.4 is 19.8 Å². The van der Waals surface area contributed by atoms with Crippen molar-refractivity contribution in [3.8, 4) is 0 Å². The zero-order valence-corrected chi connectivity index (χ0v) is 20.8. The maximum atomic E-state index is 13.5. The van der Waals surface area contributed by atoms with E-state index in [9.17, 15) is 9.59 Å². The van der Waals surface area contributed by atoms with Crippen LogP contribution in [0.1, 0.15) is 44.2 Å². The highest BCUT2D eigenvalue weighted by Gasteiger charge is 2.33. The second-order valence-electron chi connectivity index (χ2n) is 7.58. The number of nitrogens with zero attached hydrogens (tertiary/aromatic N) is 3. The van der Waals surface area contributed by atoms with Crippen molar-refractivity contribution in [2.24, 2.45) is 4.99 Å². The van der Waals surface area contributed by atoms with Gasteiger partial charge in [-0.2, -0.15) is 0 Å². The van der Waals surface area contributed by atoms with Gasteiger partial charge in [0, 0.05) is 23.7 Å². The van der Waals surface area contributed by atoms with Crippen molar-refractivity contribution >= 4 is 40.4 Å². The quantitative estimate of drug-likeness (QED) is 0.483. The van der Waals surface area contributed by atoms with Crippen molar-refractivity contribution in [1.29, 1.82) is 0 Å². The van der Waals surface area contributed by atoms with Gasteiger partial charge in [-0.3, -0.25) is 9.36 Å². The zero-order chi connectivity index (χ0) is 23.5. The van der Waals surface area contributed by atoms with Crippen molar-refractivity contribution in [2.45, 2.75) is 33.7 Å². The highest BCUT2D eigenvalue weighted by molar-refractivity contribution is 7.10. The smallest absolute Gasteiger partial charge is 0.338 e. The fraction of sp³-hybridized carbons (Fsp3) is 0.320. The molecule has 0 unspecified atom stereocenters. The van der Waals surface area contributed by atoms with Crippen LogP contribution in [0.25, 0.3) is 6.08 Å². The highest BCUT2D eigenvalue weighted by atomic mass is 32.1. The van der Waals surface area contributed by atoms with Gasteiger partial charge in [-0.25, -0.2) is 9.79 Å². The average molecular weight is 482 g/mol. The van der Waals surface area contributed by atoms with E-state index < -0.39 is 12.0 Å². The number of thiazole rings is 1. The molecule has 0 amide bonds. The molecule has 0 bridgehead atoms. The van der Waals surface area contributed by atoms with Crippen molar-refractivity contribution in [1.82, 2.24) is 4.57 Å². The van der Waals surface area contributed by atoms with Crippen LogP contribution in [0.4, 0.5) is 5.69 Å². The van der Waals surface area contributed by atoms with Crippen molar-refractivity contribution in [2.75, 3.05) is 24.6 Å². The molecule has 172 valence electrons. The molecular weight excluding hydrogens is 454 g/mol. The first kappa shape index (κ1) is 23.2. The summed E-state index contributed by atoms with van der Waals surface area (Å²) in [7, 11) is 0. The maximum Gasteiger partial charge on any atom is 0.338 e. The summed E-state index contributed by atoms with van der Waals surface area (Å²) in [6.45, 7) is 9.99. The van der Waals surface area contributed by atoms with Crippen molar-refractivity contribution in [3.05, 3.63) is 83.2 Å². The number of hydrogen-bond donors (Lipinski definition) is 0. The molecule has 0 saturated carbocycles. The van der Waals surface area contributed by atoms with E-state index >= 15 is 0 Å². The Bertz CT molecular complexity index is 1350. The summed E-state index contributed by atoms with van der Waals surface area (Å²) < 4.78 is 7.53. The molecule has 3 heterocycles. The molecule has 2 aromatic heterocycles. The number of rotatable bonds is 7. The van der Waals surface area contributed by atoms with Gasteiger partial charge in [-0.1, -0.05) is 29.5 Å². The van der Waals surface area contributed by atoms with Gasteiger partial charge in [-0.15, -0.1) is 11.3 Å². The predicted molar refractivity (Wildman–Crippen MR) is 135 cm³/mol. The summed E-state index contributed by atoms with van der Waals surface area (Å²) in [6, 6.07) is 11.5. The summed E-state index contributed by atoms with van der Waals surface area (Å²) in [5.41, 5.74) is 2.96. The molecule has 0 radical (unpaired) electrons. The molecule has 33 heavy (non-hydrogen) atoms. The number of aromatic nitrogens is 1. The molecule has 1 aromatic carbocycles. The van der Waals surface area contributed by atoms with Gasteiger partial charge in [-0.05, 0) is 62.9 Å². The minimum Gasteiger partial charge on any atom is -0.463 e. The van der Waals surface area contributed by atoms with E-state index in [1.807, 2.05) is 35.7 Å². The Kier molecular flexibility index (Phi) is 6.95. The van der Waals surface area contributed by atoms with E-state index in [2.05, 4.69) is 35.9 Å². The van der Waals surface area contributed by atoms with E-state index in [1.54, 1.807) is 18.4 Å². The Morgan fingerprint density at radius 1 is 1.18 bits per heavy atom. The molecule has 0 spiro atoms. The summed E-state index contributed by atoms with van der Waals surface area (Å²) in [5.74, 6) is -0.432. The predicted octanol–water partition coefficient (Wildman–Crippen LogP) is 3.71. The lowest BCUT2D eigenvalue weighted by atomic mass is 10.0. The lowest BCUT2D eigenvalue weighted by molar-refractivity contribution is -0.139. The fourth-order valence-electron chi connectivity index (χ4n) is 4.03. The van der Waals surface area contributed by atoms with Crippen LogP contribution in [-0.4, -0.2) is 30.2 Å². The number of ether oxygens (including phenoxy) is 1. The molecule has 6 nitrogen and oxygen atoms in total. The van der Waals surface area contributed by atoms with Crippen LogP contribution >= 0.6 is 22.7 Å². The van der Waals surface area contributed by atoms with Crippen LogP contribution in [0.2, 0.25) is 0 Å². The first-order valence-corrected chi connectivity index (χ1v) is 12.8. The third kappa shape index (κ3) is 4.45. The van der Waals surface area contributed by atoms with Gasteiger partial charge < -0.3 is 9.64 Å². The molecule has 0 fully saturated rings. The third-order valence-corrected chi connectivity index (χ3v) is 7.56. The molecule has 8 heteroatoms. The van der Waals surface area contributed by atoms with Gasteiger partial charge in [0.25, 0.3) is 5.56 Å². The Hall–Kier alpha value is -2.97. The molecule has 1 aliphatic rings. The number of thiophene rings is 1. The summed E-state index contributed by atoms with van der Waals surface area (Å²) in [4.78, 5) is 34.7. The van der Waals surface area contributed by atoms with Gasteiger partial charge in [0.1, 0.15) is 6.04 Å². The molecule has 0 N–H and O–H groups in total. The van der Waals surface area contributed by atoms with E-state index in [1.165, 1.54) is 22.7 Å². The normalized spacial score (nSPS) is 15.9. The van der Waals surface area contributed by atoms with Crippen LogP contribution in [0, 0.1) is 0 Å². The standard InChI is InChI=1S/C25H27N3O3S2/c1-5-27(6-2)18-12-10-17(11-13-18)15-20-23(29)28-22(19-9-8-14-32-19)21(24(30)31-7-3)16(4)26-25(28)33-20/h8-15,22H,5-7H2,1-4H3/t22-/m0/s1. The van der Waals surface area contributed by atoms with E-state index in [-0.39, 0.29) is 12.2 Å². The Morgan fingerprint density at radius 2 is 1.91 bits per heavy atom. The monoisotopic (exact) mass is 481 g/mol. The number of hydrogen-bond acceptors (Lipinski definition) is 7. The minimum atomic E-state index is -0.535. The van der Waals surface area contributed by atoms with Crippen molar-refractivity contribution in [3.63, 3.8) is 0 Å². The Morgan fingerprint density at radius 3 is 2.52 bits per heavy atom. The first-order valence-electron chi connectivity index (χ1n) is 11.1. The molecule has 1 atom stereocenters. The second kappa shape index (κ2) is 9.89. The van der Waals surface area contributed by atoms with Gasteiger partial charge >= 0.3 is 5.97 Å². The Balaban J connectivity index is 1.82. The van der Waals surface area contributed by atoms with E-state index in [4.69, 9.17) is 4.74 Å². The molecular formula is C25H27N3O3S2. The van der Waals surface area contributed by atoms with Gasteiger partial charge in [0.2, 0.25) is 0 Å². The van der Waals surface area contributed by atoms with Crippen LogP contribution in [0.15, 0.2) is 62.8 Å². The minimum absolute atomic E-state index is 0.153. The second-order valence-corrected chi connectivity index (χ2v) is 9.57. The number of esters is 1. The Labute approximate surface area is 200 Å². The lowest BCUT2D eigenvalue weighted by Gasteiger charge is -2.23. The third-order valence-electron chi connectivity index (χ3n) is 5.65. The number of carbonyl (C=O) groups is 1. The van der Waals surface area contributed by atoms with E-state index in [0.29, 0.717) is 20.6 Å². The number of anilines is 1. The average Bonchev–Trinajstić information content (AvgIpc) is 3.44.